The number of carbonyl (C=O) groups is 1. The molecular weight excluding hydrogens is 354 g/mol. The van der Waals surface area contributed by atoms with Crippen molar-refractivity contribution in [1.29, 1.82) is 0 Å². The van der Waals surface area contributed by atoms with Gasteiger partial charge in [-0.3, -0.25) is 4.79 Å². The number of rotatable bonds is 8. The molecule has 0 radical (unpaired) electrons. The Morgan fingerprint density at radius 3 is 2.54 bits per heavy atom. The molecule has 0 unspecified atom stereocenters. The summed E-state index contributed by atoms with van der Waals surface area (Å²) in [6.07, 6.45) is 2.10. The Morgan fingerprint density at radius 1 is 1.11 bits per heavy atom. The van der Waals surface area contributed by atoms with E-state index < -0.39 is 0 Å². The summed E-state index contributed by atoms with van der Waals surface area (Å²) in [5, 5.41) is 12.1. The molecule has 3 rings (SSSR count). The lowest BCUT2D eigenvalue weighted by Crippen LogP contribution is -2.12. The first-order chi connectivity index (χ1) is 13.6. The maximum Gasteiger partial charge on any atom is 0.255 e. The molecule has 1 aromatic heterocycles. The van der Waals surface area contributed by atoms with Gasteiger partial charge in [-0.25, -0.2) is 0 Å². The van der Waals surface area contributed by atoms with Crippen LogP contribution in [0.4, 0.5) is 5.69 Å². The molecule has 0 atom stereocenters. The second kappa shape index (κ2) is 9.24. The number of ether oxygens (including phenoxy) is 1. The van der Waals surface area contributed by atoms with E-state index in [4.69, 9.17) is 14.3 Å². The van der Waals surface area contributed by atoms with Crippen LogP contribution in [0.3, 0.4) is 0 Å². The maximum atomic E-state index is 12.5. The van der Waals surface area contributed by atoms with E-state index in [-0.39, 0.29) is 12.5 Å². The Labute approximate surface area is 165 Å². The first kappa shape index (κ1) is 19.7. The molecule has 5 nitrogen and oxygen atoms in total. The number of aliphatic hydroxyl groups excluding tert-OH is 1. The fourth-order valence-electron chi connectivity index (χ4n) is 2.87. The average molecular weight is 379 g/mol. The van der Waals surface area contributed by atoms with Crippen LogP contribution in [-0.2, 0) is 6.61 Å². The minimum absolute atomic E-state index is 0.129. The Hall–Kier alpha value is -3.05. The van der Waals surface area contributed by atoms with Gasteiger partial charge in [-0.15, -0.1) is 0 Å². The van der Waals surface area contributed by atoms with Gasteiger partial charge in [0.25, 0.3) is 5.91 Å². The zero-order valence-corrected chi connectivity index (χ0v) is 16.2. The second-order valence-electron chi connectivity index (χ2n) is 6.63. The first-order valence-electron chi connectivity index (χ1n) is 9.45. The molecule has 0 aliphatic heterocycles. The van der Waals surface area contributed by atoms with Crippen LogP contribution in [0.25, 0.3) is 11.3 Å². The molecule has 5 heteroatoms. The lowest BCUT2D eigenvalue weighted by molar-refractivity contribution is 0.102. The number of amides is 1. The van der Waals surface area contributed by atoms with Gasteiger partial charge in [0.1, 0.15) is 23.9 Å². The Bertz CT molecular complexity index is 928. The molecule has 3 aromatic rings. The number of furan rings is 1. The number of hydrogen-bond donors (Lipinski definition) is 2. The van der Waals surface area contributed by atoms with E-state index in [1.165, 1.54) is 0 Å². The number of aryl methyl sites for hydroxylation is 1. The molecule has 2 aromatic carbocycles. The third kappa shape index (κ3) is 4.81. The van der Waals surface area contributed by atoms with Crippen molar-refractivity contribution >= 4 is 11.6 Å². The molecule has 0 saturated heterocycles. The zero-order chi connectivity index (χ0) is 19.9. The van der Waals surface area contributed by atoms with Gasteiger partial charge in [-0.05, 0) is 73.5 Å². The number of hydrogen-bond acceptors (Lipinski definition) is 4. The van der Waals surface area contributed by atoms with Crippen molar-refractivity contribution < 1.29 is 19.1 Å². The van der Waals surface area contributed by atoms with Crippen molar-refractivity contribution in [2.24, 2.45) is 0 Å². The molecule has 1 amide bonds. The summed E-state index contributed by atoms with van der Waals surface area (Å²) < 4.78 is 11.2. The molecular formula is C23H25NO4. The number of nitrogens with one attached hydrogen (secondary N) is 1. The standard InChI is InChI=1S/C23H25NO4/c1-3-4-13-27-19-8-5-17(6-9-19)23(26)24-18-7-11-21(16(2)14-18)22-12-10-20(15-25)28-22/h5-12,14,25H,3-4,13,15H2,1-2H3,(H,24,26). The second-order valence-corrected chi connectivity index (χ2v) is 6.63. The van der Waals surface area contributed by atoms with E-state index in [1.54, 1.807) is 18.2 Å². The molecule has 1 heterocycles. The average Bonchev–Trinajstić information content (AvgIpc) is 3.18. The summed E-state index contributed by atoms with van der Waals surface area (Å²) in [7, 11) is 0. The highest BCUT2D eigenvalue weighted by molar-refractivity contribution is 6.04. The summed E-state index contributed by atoms with van der Waals surface area (Å²) in [6.45, 7) is 4.62. The molecule has 0 aliphatic carbocycles. The molecule has 0 spiro atoms. The molecule has 28 heavy (non-hydrogen) atoms. The Kier molecular flexibility index (Phi) is 6.50. The number of unbranched alkanes of at least 4 members (excludes halogenated alkanes) is 1. The molecule has 0 saturated carbocycles. The van der Waals surface area contributed by atoms with Crippen molar-refractivity contribution in [1.82, 2.24) is 0 Å². The predicted octanol–water partition coefficient (Wildman–Crippen LogP) is 5.18. The van der Waals surface area contributed by atoms with Crippen LogP contribution >= 0.6 is 0 Å². The highest BCUT2D eigenvalue weighted by atomic mass is 16.5. The summed E-state index contributed by atoms with van der Waals surface area (Å²) in [5.74, 6) is 1.81. The van der Waals surface area contributed by atoms with Crippen LogP contribution in [0.2, 0.25) is 0 Å². The number of aliphatic hydroxyl groups is 1. The first-order valence-corrected chi connectivity index (χ1v) is 9.45. The molecule has 146 valence electrons. The van der Waals surface area contributed by atoms with Crippen molar-refractivity contribution in [3.8, 4) is 17.1 Å². The fourth-order valence-corrected chi connectivity index (χ4v) is 2.87. The van der Waals surface area contributed by atoms with Crippen LogP contribution in [0, 0.1) is 6.92 Å². The Balaban J connectivity index is 1.66. The minimum atomic E-state index is -0.173. The largest absolute Gasteiger partial charge is 0.494 e. The summed E-state index contributed by atoms with van der Waals surface area (Å²) in [5.41, 5.74) is 3.18. The van der Waals surface area contributed by atoms with Crippen LogP contribution in [-0.4, -0.2) is 17.6 Å². The summed E-state index contributed by atoms with van der Waals surface area (Å²) in [6, 6.07) is 16.4. The highest BCUT2D eigenvalue weighted by Gasteiger charge is 2.10. The predicted molar refractivity (Wildman–Crippen MR) is 110 cm³/mol. The SMILES string of the molecule is CCCCOc1ccc(C(=O)Nc2ccc(-c3ccc(CO)o3)c(C)c2)cc1. The van der Waals surface area contributed by atoms with Gasteiger partial charge in [0.05, 0.1) is 6.61 Å². The smallest absolute Gasteiger partial charge is 0.255 e. The number of benzene rings is 2. The van der Waals surface area contributed by atoms with E-state index in [1.807, 2.05) is 43.3 Å². The lowest BCUT2D eigenvalue weighted by Gasteiger charge is -2.10. The van der Waals surface area contributed by atoms with E-state index in [0.29, 0.717) is 29.4 Å². The van der Waals surface area contributed by atoms with Gasteiger partial charge in [-0.2, -0.15) is 0 Å². The van der Waals surface area contributed by atoms with Crippen molar-refractivity contribution in [2.75, 3.05) is 11.9 Å². The molecule has 0 bridgehead atoms. The topological polar surface area (TPSA) is 71.7 Å². The normalized spacial score (nSPS) is 10.7. The van der Waals surface area contributed by atoms with E-state index in [2.05, 4.69) is 12.2 Å². The molecule has 2 N–H and O–H groups in total. The fraction of sp³-hybridized carbons (Fsp3) is 0.261. The minimum Gasteiger partial charge on any atom is -0.494 e. The van der Waals surface area contributed by atoms with Crippen LogP contribution in [0.15, 0.2) is 59.0 Å². The molecule has 0 aliphatic rings. The highest BCUT2D eigenvalue weighted by Crippen LogP contribution is 2.28. The van der Waals surface area contributed by atoms with Gasteiger partial charge in [0.2, 0.25) is 0 Å². The van der Waals surface area contributed by atoms with Crippen LogP contribution in [0.1, 0.15) is 41.4 Å². The van der Waals surface area contributed by atoms with Gasteiger partial charge >= 0.3 is 0 Å². The quantitative estimate of drug-likeness (QED) is 0.529. The van der Waals surface area contributed by atoms with Gasteiger partial charge in [0.15, 0.2) is 0 Å². The molecule has 0 fully saturated rings. The zero-order valence-electron chi connectivity index (χ0n) is 16.2. The van der Waals surface area contributed by atoms with Crippen molar-refractivity contribution in [3.63, 3.8) is 0 Å². The lowest BCUT2D eigenvalue weighted by atomic mass is 10.1. The third-order valence-corrected chi connectivity index (χ3v) is 4.45. The monoisotopic (exact) mass is 379 g/mol. The summed E-state index contributed by atoms with van der Waals surface area (Å²) in [4.78, 5) is 12.5. The van der Waals surface area contributed by atoms with E-state index >= 15 is 0 Å². The Morgan fingerprint density at radius 2 is 1.89 bits per heavy atom. The third-order valence-electron chi connectivity index (χ3n) is 4.45. The van der Waals surface area contributed by atoms with Gasteiger partial charge in [-0.1, -0.05) is 13.3 Å². The number of anilines is 1. The van der Waals surface area contributed by atoms with Gasteiger partial charge < -0.3 is 19.6 Å². The van der Waals surface area contributed by atoms with Crippen molar-refractivity contribution in [3.05, 3.63) is 71.5 Å². The van der Waals surface area contributed by atoms with Gasteiger partial charge in [0, 0.05) is 16.8 Å². The van der Waals surface area contributed by atoms with E-state index in [0.717, 1.165) is 29.7 Å². The van der Waals surface area contributed by atoms with Crippen LogP contribution < -0.4 is 10.1 Å². The maximum absolute atomic E-state index is 12.5. The van der Waals surface area contributed by atoms with E-state index in [9.17, 15) is 4.79 Å². The summed E-state index contributed by atoms with van der Waals surface area (Å²) >= 11 is 0. The number of carbonyl (C=O) groups excluding carboxylic acids is 1. The van der Waals surface area contributed by atoms with Crippen LogP contribution in [0.5, 0.6) is 5.75 Å². The van der Waals surface area contributed by atoms with Crippen molar-refractivity contribution in [2.45, 2.75) is 33.3 Å².